The molecule has 2 fully saturated rings. The van der Waals surface area contributed by atoms with Gasteiger partial charge < -0.3 is 16.4 Å². The summed E-state index contributed by atoms with van der Waals surface area (Å²) in [4.78, 5) is 0. The molecule has 3 heteroatoms. The lowest BCUT2D eigenvalue weighted by molar-refractivity contribution is 0.112. The number of hydrogen-bond acceptors (Lipinski definition) is 3. The van der Waals surface area contributed by atoms with Gasteiger partial charge in [-0.3, -0.25) is 0 Å². The van der Waals surface area contributed by atoms with Gasteiger partial charge in [-0.25, -0.2) is 0 Å². The Morgan fingerprint density at radius 3 is 2.50 bits per heavy atom. The monoisotopic (exact) mass is 225 g/mol. The second-order valence-corrected chi connectivity index (χ2v) is 5.79. The van der Waals surface area contributed by atoms with E-state index in [0.29, 0.717) is 18.0 Å². The first kappa shape index (κ1) is 12.3. The molecule has 0 saturated carbocycles. The Balaban J connectivity index is 2.02. The lowest BCUT2D eigenvalue weighted by Crippen LogP contribution is -2.56. The molecule has 0 aromatic rings. The summed E-state index contributed by atoms with van der Waals surface area (Å²) in [6.07, 6.45) is 3.91. The fourth-order valence-corrected chi connectivity index (χ4v) is 3.67. The lowest BCUT2D eigenvalue weighted by atomic mass is 9.72. The van der Waals surface area contributed by atoms with Crippen molar-refractivity contribution in [3.05, 3.63) is 0 Å². The Hall–Kier alpha value is -0.120. The van der Waals surface area contributed by atoms with E-state index in [4.69, 9.17) is 5.73 Å². The second-order valence-electron chi connectivity index (χ2n) is 5.79. The van der Waals surface area contributed by atoms with E-state index in [0.717, 1.165) is 18.4 Å². The fraction of sp³-hybridized carbons (Fsp3) is 1.00. The smallest absolute Gasteiger partial charge is 0.0142 e. The molecule has 4 unspecified atom stereocenters. The molecule has 3 nitrogen and oxygen atoms in total. The molecule has 0 amide bonds. The number of nitrogens with one attached hydrogen (secondary N) is 2. The SMILES string of the molecule is CC1CC(C)C(CN)C(C2CCNCC2)N1. The van der Waals surface area contributed by atoms with E-state index >= 15 is 0 Å². The molecule has 2 rings (SSSR count). The molecule has 4 atom stereocenters. The van der Waals surface area contributed by atoms with Crippen molar-refractivity contribution >= 4 is 0 Å². The van der Waals surface area contributed by atoms with Crippen molar-refractivity contribution in [1.29, 1.82) is 0 Å². The van der Waals surface area contributed by atoms with Gasteiger partial charge in [0.2, 0.25) is 0 Å². The summed E-state index contributed by atoms with van der Waals surface area (Å²) < 4.78 is 0. The summed E-state index contributed by atoms with van der Waals surface area (Å²) in [5.74, 6) is 2.29. The van der Waals surface area contributed by atoms with Crippen LogP contribution in [0.25, 0.3) is 0 Å². The van der Waals surface area contributed by atoms with E-state index in [9.17, 15) is 0 Å². The molecule has 2 saturated heterocycles. The Labute approximate surface area is 99.5 Å². The van der Waals surface area contributed by atoms with Gasteiger partial charge in [0.15, 0.2) is 0 Å². The minimum Gasteiger partial charge on any atom is -0.330 e. The van der Waals surface area contributed by atoms with E-state index in [-0.39, 0.29) is 0 Å². The Morgan fingerprint density at radius 1 is 1.19 bits per heavy atom. The number of hydrogen-bond donors (Lipinski definition) is 3. The van der Waals surface area contributed by atoms with Gasteiger partial charge in [0, 0.05) is 12.1 Å². The minimum absolute atomic E-state index is 0.658. The largest absolute Gasteiger partial charge is 0.330 e. The van der Waals surface area contributed by atoms with E-state index in [1.807, 2.05) is 0 Å². The van der Waals surface area contributed by atoms with Crippen LogP contribution in [0, 0.1) is 17.8 Å². The molecule has 2 aliphatic heterocycles. The number of piperidine rings is 2. The molecule has 0 spiro atoms. The Bertz CT molecular complexity index is 213. The summed E-state index contributed by atoms with van der Waals surface area (Å²) in [6.45, 7) is 7.90. The van der Waals surface area contributed by atoms with Crippen molar-refractivity contribution in [3.63, 3.8) is 0 Å². The van der Waals surface area contributed by atoms with Gasteiger partial charge in [0.1, 0.15) is 0 Å². The normalized spacial score (nSPS) is 42.2. The molecule has 0 aromatic heterocycles. The average molecular weight is 225 g/mol. The van der Waals surface area contributed by atoms with Crippen LogP contribution in [0.5, 0.6) is 0 Å². The van der Waals surface area contributed by atoms with Crippen molar-refractivity contribution in [2.24, 2.45) is 23.5 Å². The summed E-state index contributed by atoms with van der Waals surface area (Å²) in [6, 6.07) is 1.32. The minimum atomic E-state index is 0.658. The molecule has 4 N–H and O–H groups in total. The van der Waals surface area contributed by atoms with Crippen LogP contribution >= 0.6 is 0 Å². The highest BCUT2D eigenvalue weighted by Gasteiger charge is 2.37. The fourth-order valence-electron chi connectivity index (χ4n) is 3.67. The van der Waals surface area contributed by atoms with Gasteiger partial charge >= 0.3 is 0 Å². The predicted octanol–water partition coefficient (Wildman–Crippen LogP) is 0.947. The third-order valence-electron chi connectivity index (χ3n) is 4.56. The molecule has 0 aromatic carbocycles. The third-order valence-corrected chi connectivity index (χ3v) is 4.56. The zero-order chi connectivity index (χ0) is 11.5. The first-order valence-electron chi connectivity index (χ1n) is 6.89. The second kappa shape index (κ2) is 5.48. The molecule has 16 heavy (non-hydrogen) atoms. The number of rotatable bonds is 2. The van der Waals surface area contributed by atoms with E-state index in [1.54, 1.807) is 0 Å². The zero-order valence-corrected chi connectivity index (χ0v) is 10.7. The summed E-state index contributed by atoms with van der Waals surface area (Å²) in [5, 5.41) is 7.26. The van der Waals surface area contributed by atoms with Crippen molar-refractivity contribution in [3.8, 4) is 0 Å². The van der Waals surface area contributed by atoms with Gasteiger partial charge in [-0.15, -0.1) is 0 Å². The van der Waals surface area contributed by atoms with Gasteiger partial charge in [0.05, 0.1) is 0 Å². The highest BCUT2D eigenvalue weighted by atomic mass is 15.0. The summed E-state index contributed by atoms with van der Waals surface area (Å²) in [5.41, 5.74) is 5.98. The van der Waals surface area contributed by atoms with Crippen molar-refractivity contribution in [2.75, 3.05) is 19.6 Å². The molecular weight excluding hydrogens is 198 g/mol. The van der Waals surface area contributed by atoms with Crippen LogP contribution in [0.4, 0.5) is 0 Å². The standard InChI is InChI=1S/C13H27N3/c1-9-7-10(2)16-13(12(9)8-14)11-3-5-15-6-4-11/h9-13,15-16H,3-8,14H2,1-2H3. The lowest BCUT2D eigenvalue weighted by Gasteiger charge is -2.45. The van der Waals surface area contributed by atoms with Crippen molar-refractivity contribution in [1.82, 2.24) is 10.6 Å². The highest BCUT2D eigenvalue weighted by molar-refractivity contribution is 4.94. The maximum Gasteiger partial charge on any atom is 0.0142 e. The van der Waals surface area contributed by atoms with Crippen LogP contribution < -0.4 is 16.4 Å². The highest BCUT2D eigenvalue weighted by Crippen LogP contribution is 2.32. The first-order chi connectivity index (χ1) is 7.72. The molecule has 2 heterocycles. The van der Waals surface area contributed by atoms with Gasteiger partial charge in [0.25, 0.3) is 0 Å². The van der Waals surface area contributed by atoms with Crippen LogP contribution in [0.1, 0.15) is 33.1 Å². The first-order valence-corrected chi connectivity index (χ1v) is 6.89. The van der Waals surface area contributed by atoms with Crippen LogP contribution in [-0.2, 0) is 0 Å². The maximum atomic E-state index is 5.98. The quantitative estimate of drug-likeness (QED) is 0.656. The van der Waals surface area contributed by atoms with Gasteiger partial charge in [-0.05, 0) is 63.6 Å². The Kier molecular flexibility index (Phi) is 4.22. The Morgan fingerprint density at radius 2 is 1.88 bits per heavy atom. The summed E-state index contributed by atoms with van der Waals surface area (Å²) in [7, 11) is 0. The topological polar surface area (TPSA) is 50.1 Å². The van der Waals surface area contributed by atoms with Crippen LogP contribution in [0.2, 0.25) is 0 Å². The van der Waals surface area contributed by atoms with Crippen LogP contribution in [0.3, 0.4) is 0 Å². The van der Waals surface area contributed by atoms with E-state index in [2.05, 4.69) is 24.5 Å². The zero-order valence-electron chi connectivity index (χ0n) is 10.7. The van der Waals surface area contributed by atoms with Crippen molar-refractivity contribution < 1.29 is 0 Å². The maximum absolute atomic E-state index is 5.98. The molecule has 0 bridgehead atoms. The van der Waals surface area contributed by atoms with E-state index in [1.165, 1.54) is 32.4 Å². The average Bonchev–Trinajstić information content (AvgIpc) is 2.29. The predicted molar refractivity (Wildman–Crippen MR) is 68.3 cm³/mol. The van der Waals surface area contributed by atoms with Gasteiger partial charge in [-0.1, -0.05) is 6.92 Å². The molecule has 0 aliphatic carbocycles. The third kappa shape index (κ3) is 2.58. The summed E-state index contributed by atoms with van der Waals surface area (Å²) >= 11 is 0. The molecule has 2 aliphatic rings. The van der Waals surface area contributed by atoms with Gasteiger partial charge in [-0.2, -0.15) is 0 Å². The van der Waals surface area contributed by atoms with Crippen LogP contribution in [-0.4, -0.2) is 31.7 Å². The van der Waals surface area contributed by atoms with Crippen molar-refractivity contribution in [2.45, 2.75) is 45.2 Å². The molecule has 0 radical (unpaired) electrons. The number of nitrogens with two attached hydrogens (primary N) is 1. The molecule has 94 valence electrons. The molecular formula is C13H27N3. The van der Waals surface area contributed by atoms with E-state index < -0.39 is 0 Å². The van der Waals surface area contributed by atoms with Crippen LogP contribution in [0.15, 0.2) is 0 Å².